The molecule has 29 heavy (non-hydrogen) atoms. The number of hydrogen-bond acceptors (Lipinski definition) is 4. The molecule has 2 aromatic carbocycles. The van der Waals surface area contributed by atoms with Gasteiger partial charge in [0.2, 0.25) is 5.91 Å². The molecule has 5 nitrogen and oxygen atoms in total. The number of aliphatic hydroxyl groups excluding tert-OH is 1. The number of furan rings is 1. The largest absolute Gasteiger partial charge is 0.462 e. The fraction of sp³-hybridized carbons (Fsp3) is 0.261. The molecular formula is C23H23FN2O3. The van der Waals surface area contributed by atoms with Gasteiger partial charge in [0.25, 0.3) is 0 Å². The minimum atomic E-state index is -0.276. The lowest BCUT2D eigenvalue weighted by atomic mass is 10.0. The average Bonchev–Trinajstić information content (AvgIpc) is 3.38. The van der Waals surface area contributed by atoms with Crippen LogP contribution in [0.15, 0.2) is 65.1 Å². The van der Waals surface area contributed by atoms with Crippen molar-refractivity contribution >= 4 is 11.6 Å². The average molecular weight is 394 g/mol. The summed E-state index contributed by atoms with van der Waals surface area (Å²) in [5.41, 5.74) is 2.52. The molecule has 0 radical (unpaired) electrons. The Hall–Kier alpha value is -2.96. The van der Waals surface area contributed by atoms with E-state index in [-0.39, 0.29) is 24.4 Å². The van der Waals surface area contributed by atoms with Crippen molar-refractivity contribution in [1.82, 2.24) is 4.90 Å². The molecule has 1 atom stereocenters. The predicted octanol–water partition coefficient (Wildman–Crippen LogP) is 4.18. The maximum atomic E-state index is 13.2. The minimum absolute atomic E-state index is 0.0484. The van der Waals surface area contributed by atoms with Gasteiger partial charge < -0.3 is 14.8 Å². The van der Waals surface area contributed by atoms with E-state index < -0.39 is 0 Å². The van der Waals surface area contributed by atoms with Gasteiger partial charge >= 0.3 is 0 Å². The van der Waals surface area contributed by atoms with Crippen molar-refractivity contribution in [2.75, 3.05) is 11.9 Å². The van der Waals surface area contributed by atoms with Gasteiger partial charge in [-0.15, -0.1) is 0 Å². The fourth-order valence-electron chi connectivity index (χ4n) is 3.75. The maximum absolute atomic E-state index is 13.2. The first-order chi connectivity index (χ1) is 14.1. The van der Waals surface area contributed by atoms with E-state index in [1.165, 1.54) is 12.1 Å². The third-order valence-corrected chi connectivity index (χ3v) is 5.21. The molecule has 4 rings (SSSR count). The predicted molar refractivity (Wildman–Crippen MR) is 109 cm³/mol. The van der Waals surface area contributed by atoms with Crippen LogP contribution in [-0.4, -0.2) is 28.5 Å². The van der Waals surface area contributed by atoms with Crippen LogP contribution < -0.4 is 5.32 Å². The first kappa shape index (κ1) is 19.4. The summed E-state index contributed by atoms with van der Waals surface area (Å²) in [5.74, 6) is 0.944. The molecule has 1 aliphatic rings. The number of anilines is 1. The molecule has 0 bridgehead atoms. The number of carbonyl (C=O) groups excluding carboxylic acids is 1. The normalized spacial score (nSPS) is 16.8. The van der Waals surface area contributed by atoms with E-state index in [0.29, 0.717) is 18.0 Å². The topological polar surface area (TPSA) is 65.7 Å². The highest BCUT2D eigenvalue weighted by Gasteiger charge is 2.31. The highest BCUT2D eigenvalue weighted by Crippen LogP contribution is 2.25. The first-order valence-corrected chi connectivity index (χ1v) is 9.72. The number of aliphatic hydroxyl groups is 1. The highest BCUT2D eigenvalue weighted by atomic mass is 19.1. The van der Waals surface area contributed by atoms with E-state index in [4.69, 9.17) is 9.52 Å². The van der Waals surface area contributed by atoms with Crippen LogP contribution in [0.1, 0.15) is 24.4 Å². The summed E-state index contributed by atoms with van der Waals surface area (Å²) in [6.45, 7) is 1.23. The zero-order valence-corrected chi connectivity index (χ0v) is 16.0. The zero-order valence-electron chi connectivity index (χ0n) is 16.0. The van der Waals surface area contributed by atoms with E-state index in [9.17, 15) is 9.18 Å². The number of benzene rings is 2. The number of nitrogens with zero attached hydrogens (tertiary/aromatic N) is 1. The molecule has 1 unspecified atom stereocenters. The summed E-state index contributed by atoms with van der Waals surface area (Å²) in [6, 6.07) is 17.2. The summed E-state index contributed by atoms with van der Waals surface area (Å²) in [6.07, 6.45) is 1.73. The second kappa shape index (κ2) is 8.59. The van der Waals surface area contributed by atoms with E-state index in [2.05, 4.69) is 10.2 Å². The quantitative estimate of drug-likeness (QED) is 0.658. The summed E-state index contributed by atoms with van der Waals surface area (Å²) < 4.78 is 18.7. The molecule has 2 N–H and O–H groups in total. The van der Waals surface area contributed by atoms with Crippen LogP contribution in [0, 0.1) is 5.82 Å². The van der Waals surface area contributed by atoms with E-state index >= 15 is 0 Å². The van der Waals surface area contributed by atoms with Crippen LogP contribution in [0.4, 0.5) is 10.1 Å². The Balaban J connectivity index is 1.44. The van der Waals surface area contributed by atoms with Gasteiger partial charge in [0.05, 0.1) is 12.6 Å². The summed E-state index contributed by atoms with van der Waals surface area (Å²) in [5, 5.41) is 12.2. The van der Waals surface area contributed by atoms with Crippen LogP contribution >= 0.6 is 0 Å². The van der Waals surface area contributed by atoms with E-state index in [1.54, 1.807) is 18.2 Å². The van der Waals surface area contributed by atoms with Gasteiger partial charge in [0.15, 0.2) is 0 Å². The van der Waals surface area contributed by atoms with Gasteiger partial charge in [0.1, 0.15) is 23.9 Å². The number of carbonyl (C=O) groups is 1. The van der Waals surface area contributed by atoms with E-state index in [1.807, 2.05) is 30.3 Å². The molecule has 0 spiro atoms. The van der Waals surface area contributed by atoms with Gasteiger partial charge in [-0.2, -0.15) is 0 Å². The lowest BCUT2D eigenvalue weighted by molar-refractivity contribution is -0.120. The second-order valence-corrected chi connectivity index (χ2v) is 7.23. The molecule has 3 aromatic rings. The van der Waals surface area contributed by atoms with Crippen molar-refractivity contribution in [3.05, 3.63) is 78.0 Å². The van der Waals surface area contributed by atoms with Gasteiger partial charge in [-0.25, -0.2) is 4.39 Å². The molecule has 2 heterocycles. The van der Waals surface area contributed by atoms with Crippen LogP contribution in [0.2, 0.25) is 0 Å². The molecule has 1 fully saturated rings. The Labute approximate surface area is 168 Å². The highest BCUT2D eigenvalue weighted by molar-refractivity contribution is 5.95. The third kappa shape index (κ3) is 4.55. The second-order valence-electron chi connectivity index (χ2n) is 7.23. The molecule has 1 amide bonds. The zero-order chi connectivity index (χ0) is 20.2. The maximum Gasteiger partial charge on any atom is 0.241 e. The third-order valence-electron chi connectivity index (χ3n) is 5.21. The number of halogens is 1. The Morgan fingerprint density at radius 2 is 1.90 bits per heavy atom. The standard InChI is InChI=1S/C23H23FN2O3/c24-18-8-6-16(7-9-18)17-3-1-4-19(13-17)25-23(28)22-5-2-12-26(22)14-20-10-11-21(15-27)29-20/h1,3-4,6-11,13,22,27H,2,5,12,14-15H2,(H,25,28). The summed E-state index contributed by atoms with van der Waals surface area (Å²) in [4.78, 5) is 15.0. The van der Waals surface area contributed by atoms with Gasteiger partial charge in [-0.3, -0.25) is 9.69 Å². The lowest BCUT2D eigenvalue weighted by Crippen LogP contribution is -2.39. The van der Waals surface area contributed by atoms with Crippen molar-refractivity contribution in [2.24, 2.45) is 0 Å². The Morgan fingerprint density at radius 3 is 2.66 bits per heavy atom. The van der Waals surface area contributed by atoms with Gasteiger partial charge in [0, 0.05) is 5.69 Å². The smallest absolute Gasteiger partial charge is 0.241 e. The number of hydrogen-bond donors (Lipinski definition) is 2. The monoisotopic (exact) mass is 394 g/mol. The van der Waals surface area contributed by atoms with Crippen molar-refractivity contribution in [2.45, 2.75) is 32.0 Å². The first-order valence-electron chi connectivity index (χ1n) is 9.72. The Kier molecular flexibility index (Phi) is 5.74. The SMILES string of the molecule is O=C(Nc1cccc(-c2ccc(F)cc2)c1)C1CCCN1Cc1ccc(CO)o1. The summed E-state index contributed by atoms with van der Waals surface area (Å²) in [7, 11) is 0. The molecule has 0 aliphatic carbocycles. The van der Waals surface area contributed by atoms with Crippen molar-refractivity contribution < 1.29 is 18.7 Å². The lowest BCUT2D eigenvalue weighted by Gasteiger charge is -2.22. The molecule has 150 valence electrons. The number of amides is 1. The van der Waals surface area contributed by atoms with Gasteiger partial charge in [-0.1, -0.05) is 24.3 Å². The fourth-order valence-corrected chi connectivity index (χ4v) is 3.75. The summed E-state index contributed by atoms with van der Waals surface area (Å²) >= 11 is 0. The van der Waals surface area contributed by atoms with Crippen molar-refractivity contribution in [3.63, 3.8) is 0 Å². The van der Waals surface area contributed by atoms with Crippen LogP contribution in [0.25, 0.3) is 11.1 Å². The molecule has 6 heteroatoms. The number of nitrogens with one attached hydrogen (secondary N) is 1. The van der Waals surface area contributed by atoms with Crippen LogP contribution in [0.5, 0.6) is 0 Å². The van der Waals surface area contributed by atoms with Crippen LogP contribution in [0.3, 0.4) is 0 Å². The Bertz CT molecular complexity index is 984. The van der Waals surface area contributed by atoms with Gasteiger partial charge in [-0.05, 0) is 66.9 Å². The molecule has 1 aromatic heterocycles. The molecule has 1 saturated heterocycles. The van der Waals surface area contributed by atoms with Crippen molar-refractivity contribution in [1.29, 1.82) is 0 Å². The van der Waals surface area contributed by atoms with Crippen LogP contribution in [-0.2, 0) is 17.9 Å². The Morgan fingerprint density at radius 1 is 1.10 bits per heavy atom. The minimum Gasteiger partial charge on any atom is -0.462 e. The molecule has 1 aliphatic heterocycles. The molecular weight excluding hydrogens is 371 g/mol. The number of likely N-dealkylation sites (tertiary alicyclic amines) is 1. The van der Waals surface area contributed by atoms with Crippen molar-refractivity contribution in [3.8, 4) is 11.1 Å². The van der Waals surface area contributed by atoms with E-state index in [0.717, 1.165) is 36.3 Å². The molecule has 0 saturated carbocycles. The number of rotatable bonds is 6.